The topological polar surface area (TPSA) is 34.9 Å². The summed E-state index contributed by atoms with van der Waals surface area (Å²) in [5.41, 5.74) is -0.301. The minimum absolute atomic E-state index is 0.187. The molecule has 0 saturated heterocycles. The number of carbonyl (C=O) groups is 1. The standard InChI is InChI=1S/C12H11F3N2OS/c1-7-3-10(8(2)19-7)11(18)6-17-5-9(4-16-17)12(13,14)15/h3-5H,6H2,1-2H3. The van der Waals surface area contributed by atoms with Crippen LogP contribution in [0.1, 0.15) is 25.7 Å². The molecule has 0 spiro atoms. The second-order valence-corrected chi connectivity index (χ2v) is 5.63. The van der Waals surface area contributed by atoms with Crippen LogP contribution in [0.15, 0.2) is 18.5 Å². The number of aryl methyl sites for hydroxylation is 2. The first kappa shape index (κ1) is 13.8. The number of thiophene rings is 1. The molecule has 102 valence electrons. The zero-order chi connectivity index (χ0) is 14.2. The predicted molar refractivity (Wildman–Crippen MR) is 65.4 cm³/mol. The molecular weight excluding hydrogens is 277 g/mol. The van der Waals surface area contributed by atoms with E-state index in [1.54, 1.807) is 6.07 Å². The van der Waals surface area contributed by atoms with E-state index < -0.39 is 11.7 Å². The molecule has 0 aliphatic carbocycles. The average Bonchev–Trinajstić information content (AvgIpc) is 2.84. The Morgan fingerprint density at radius 3 is 2.58 bits per heavy atom. The van der Waals surface area contributed by atoms with E-state index in [1.165, 1.54) is 11.3 Å². The summed E-state index contributed by atoms with van der Waals surface area (Å²) in [5, 5.41) is 3.56. The van der Waals surface area contributed by atoms with E-state index in [4.69, 9.17) is 0 Å². The lowest BCUT2D eigenvalue weighted by Crippen LogP contribution is -2.11. The molecule has 0 atom stereocenters. The van der Waals surface area contributed by atoms with Crippen molar-refractivity contribution < 1.29 is 18.0 Å². The SMILES string of the molecule is Cc1cc(C(=O)Cn2cc(C(F)(F)F)cn2)c(C)s1. The van der Waals surface area contributed by atoms with Crippen molar-refractivity contribution >= 4 is 17.1 Å². The highest BCUT2D eigenvalue weighted by Gasteiger charge is 2.32. The largest absolute Gasteiger partial charge is 0.419 e. The zero-order valence-corrected chi connectivity index (χ0v) is 11.1. The quantitative estimate of drug-likeness (QED) is 0.811. The predicted octanol–water partition coefficient (Wildman–Crippen LogP) is 3.46. The summed E-state index contributed by atoms with van der Waals surface area (Å²) >= 11 is 1.49. The Morgan fingerprint density at radius 1 is 1.42 bits per heavy atom. The van der Waals surface area contributed by atoms with Crippen LogP contribution < -0.4 is 0 Å². The highest BCUT2D eigenvalue weighted by atomic mass is 32.1. The van der Waals surface area contributed by atoms with Gasteiger partial charge in [-0.1, -0.05) is 0 Å². The van der Waals surface area contributed by atoms with Gasteiger partial charge in [-0.15, -0.1) is 11.3 Å². The number of carbonyl (C=O) groups excluding carboxylic acids is 1. The fourth-order valence-electron chi connectivity index (χ4n) is 1.74. The van der Waals surface area contributed by atoms with Crippen LogP contribution in [0.25, 0.3) is 0 Å². The molecule has 2 rings (SSSR count). The van der Waals surface area contributed by atoms with Gasteiger partial charge in [-0.3, -0.25) is 9.48 Å². The zero-order valence-electron chi connectivity index (χ0n) is 10.3. The van der Waals surface area contributed by atoms with Gasteiger partial charge < -0.3 is 0 Å². The maximum Gasteiger partial charge on any atom is 0.419 e. The molecule has 19 heavy (non-hydrogen) atoms. The Labute approximate surface area is 111 Å². The lowest BCUT2D eigenvalue weighted by Gasteiger charge is -2.02. The Kier molecular flexibility index (Phi) is 3.49. The van der Waals surface area contributed by atoms with E-state index in [0.29, 0.717) is 5.56 Å². The van der Waals surface area contributed by atoms with Gasteiger partial charge in [0.05, 0.1) is 11.8 Å². The van der Waals surface area contributed by atoms with Gasteiger partial charge >= 0.3 is 6.18 Å². The first-order chi connectivity index (χ1) is 8.77. The van der Waals surface area contributed by atoms with E-state index in [1.807, 2.05) is 13.8 Å². The highest BCUT2D eigenvalue weighted by molar-refractivity contribution is 7.12. The third kappa shape index (κ3) is 3.04. The van der Waals surface area contributed by atoms with Crippen molar-refractivity contribution in [2.45, 2.75) is 26.6 Å². The third-order valence-electron chi connectivity index (χ3n) is 2.61. The normalized spacial score (nSPS) is 11.8. The van der Waals surface area contributed by atoms with Crippen molar-refractivity contribution in [1.82, 2.24) is 9.78 Å². The van der Waals surface area contributed by atoms with Gasteiger partial charge in [0.1, 0.15) is 6.54 Å². The van der Waals surface area contributed by atoms with Crippen LogP contribution in [0.4, 0.5) is 13.2 Å². The van der Waals surface area contributed by atoms with Crippen molar-refractivity contribution in [3.63, 3.8) is 0 Å². The Bertz CT molecular complexity index is 613. The van der Waals surface area contributed by atoms with Gasteiger partial charge in [-0.2, -0.15) is 18.3 Å². The Balaban J connectivity index is 2.16. The highest BCUT2D eigenvalue weighted by Crippen LogP contribution is 2.28. The number of Topliss-reactive ketones (excluding diaryl/α,β-unsaturated/α-hetero) is 1. The lowest BCUT2D eigenvalue weighted by molar-refractivity contribution is -0.137. The second-order valence-electron chi connectivity index (χ2n) is 4.17. The van der Waals surface area contributed by atoms with Crippen molar-refractivity contribution in [2.24, 2.45) is 0 Å². The summed E-state index contributed by atoms with van der Waals surface area (Å²) in [6.07, 6.45) is -2.87. The smallest absolute Gasteiger partial charge is 0.292 e. The van der Waals surface area contributed by atoms with Crippen LogP contribution in [-0.4, -0.2) is 15.6 Å². The molecule has 7 heteroatoms. The summed E-state index contributed by atoms with van der Waals surface area (Å²) in [6.45, 7) is 3.51. The molecule has 0 unspecified atom stereocenters. The lowest BCUT2D eigenvalue weighted by atomic mass is 10.1. The maximum absolute atomic E-state index is 12.4. The van der Waals surface area contributed by atoms with E-state index >= 15 is 0 Å². The fourth-order valence-corrected chi connectivity index (χ4v) is 2.68. The number of hydrogen-bond acceptors (Lipinski definition) is 3. The van der Waals surface area contributed by atoms with Crippen LogP contribution in [0.5, 0.6) is 0 Å². The number of aromatic nitrogens is 2. The van der Waals surface area contributed by atoms with Crippen molar-refractivity contribution in [1.29, 1.82) is 0 Å². The minimum atomic E-state index is -4.43. The number of halogens is 3. The maximum atomic E-state index is 12.4. The number of ketones is 1. The van der Waals surface area contributed by atoms with E-state index in [2.05, 4.69) is 5.10 Å². The van der Waals surface area contributed by atoms with Crippen molar-refractivity contribution in [3.8, 4) is 0 Å². The second kappa shape index (κ2) is 4.80. The molecule has 0 N–H and O–H groups in total. The number of rotatable bonds is 3. The molecule has 2 heterocycles. The third-order valence-corrected chi connectivity index (χ3v) is 3.57. The molecule has 0 aromatic carbocycles. The summed E-state index contributed by atoms with van der Waals surface area (Å²) in [4.78, 5) is 13.8. The summed E-state index contributed by atoms with van der Waals surface area (Å²) in [5.74, 6) is -0.237. The van der Waals surface area contributed by atoms with Crippen molar-refractivity contribution in [3.05, 3.63) is 39.3 Å². The summed E-state index contributed by atoms with van der Waals surface area (Å²) in [7, 11) is 0. The van der Waals surface area contributed by atoms with Crippen LogP contribution in [0.2, 0.25) is 0 Å². The van der Waals surface area contributed by atoms with E-state index in [-0.39, 0.29) is 12.3 Å². The number of nitrogens with zero attached hydrogens (tertiary/aromatic N) is 2. The molecular formula is C12H11F3N2OS. The average molecular weight is 288 g/mol. The molecule has 0 aliphatic heterocycles. The Morgan fingerprint density at radius 2 is 2.11 bits per heavy atom. The molecule has 0 radical (unpaired) electrons. The first-order valence-electron chi connectivity index (χ1n) is 5.47. The first-order valence-corrected chi connectivity index (χ1v) is 6.29. The van der Waals surface area contributed by atoms with Gasteiger partial charge in [0.2, 0.25) is 0 Å². The molecule has 0 saturated carbocycles. The molecule has 0 aliphatic rings. The molecule has 0 bridgehead atoms. The summed E-state index contributed by atoms with van der Waals surface area (Å²) < 4.78 is 38.2. The monoisotopic (exact) mass is 288 g/mol. The van der Waals surface area contributed by atoms with Crippen LogP contribution in [0, 0.1) is 13.8 Å². The van der Waals surface area contributed by atoms with Gasteiger partial charge in [0.25, 0.3) is 0 Å². The Hall–Kier alpha value is -1.63. The fraction of sp³-hybridized carbons (Fsp3) is 0.333. The van der Waals surface area contributed by atoms with Crippen LogP contribution in [0.3, 0.4) is 0 Å². The minimum Gasteiger partial charge on any atom is -0.292 e. The van der Waals surface area contributed by atoms with Gasteiger partial charge in [-0.05, 0) is 19.9 Å². The van der Waals surface area contributed by atoms with Crippen LogP contribution in [-0.2, 0) is 12.7 Å². The van der Waals surface area contributed by atoms with Gasteiger partial charge in [-0.25, -0.2) is 0 Å². The summed E-state index contributed by atoms with van der Waals surface area (Å²) in [6, 6.07) is 1.75. The van der Waals surface area contributed by atoms with Gasteiger partial charge in [0, 0.05) is 21.5 Å². The van der Waals surface area contributed by atoms with Gasteiger partial charge in [0.15, 0.2) is 5.78 Å². The molecule has 0 fully saturated rings. The number of hydrogen-bond donors (Lipinski definition) is 0. The van der Waals surface area contributed by atoms with Crippen LogP contribution >= 0.6 is 11.3 Å². The van der Waals surface area contributed by atoms with Crippen molar-refractivity contribution in [2.75, 3.05) is 0 Å². The molecule has 2 aromatic heterocycles. The van der Waals surface area contributed by atoms with E-state index in [0.717, 1.165) is 26.8 Å². The molecule has 2 aromatic rings. The van der Waals surface area contributed by atoms with E-state index in [9.17, 15) is 18.0 Å². The molecule has 0 amide bonds. The molecule has 3 nitrogen and oxygen atoms in total. The number of alkyl halides is 3.